The molecule has 3 rings (SSSR count). The van der Waals surface area contributed by atoms with Gasteiger partial charge in [0.1, 0.15) is 18.2 Å². The Balaban J connectivity index is 0.00000300. The second-order valence-corrected chi connectivity index (χ2v) is 7.19. The molecule has 0 radical (unpaired) electrons. The van der Waals surface area contributed by atoms with E-state index in [1.54, 1.807) is 0 Å². The zero-order chi connectivity index (χ0) is 19.8. The van der Waals surface area contributed by atoms with Gasteiger partial charge in [0.15, 0.2) is 6.61 Å². The fraction of sp³-hybridized carbons (Fsp3) is 0.455. The predicted octanol–water partition coefficient (Wildman–Crippen LogP) is -1.34. The Morgan fingerprint density at radius 3 is 2.72 bits per heavy atom. The molecule has 0 saturated carbocycles. The SMILES string of the molecule is CCOC(=O)[C@@H]1CCC[NH+](CCO/N=C(/c2ccccc2)c2cccn2C)C1.[Cl-]. The second kappa shape index (κ2) is 11.6. The van der Waals surface area contributed by atoms with Gasteiger partial charge in [-0.25, -0.2) is 0 Å². The highest BCUT2D eigenvalue weighted by Gasteiger charge is 2.29. The summed E-state index contributed by atoms with van der Waals surface area (Å²) in [5.74, 6) is -0.0517. The van der Waals surface area contributed by atoms with Gasteiger partial charge in [-0.2, -0.15) is 0 Å². The summed E-state index contributed by atoms with van der Waals surface area (Å²) in [6.07, 6.45) is 3.97. The molecule has 1 unspecified atom stereocenters. The number of halogens is 1. The number of carbonyl (C=O) groups excluding carboxylic acids is 1. The lowest BCUT2D eigenvalue weighted by atomic mass is 9.98. The van der Waals surface area contributed by atoms with Gasteiger partial charge in [0.2, 0.25) is 0 Å². The van der Waals surface area contributed by atoms with Gasteiger partial charge in [-0.15, -0.1) is 0 Å². The van der Waals surface area contributed by atoms with Crippen molar-refractivity contribution in [2.24, 2.45) is 18.1 Å². The summed E-state index contributed by atoms with van der Waals surface area (Å²) in [6.45, 7) is 5.53. The van der Waals surface area contributed by atoms with E-state index >= 15 is 0 Å². The number of rotatable bonds is 8. The Morgan fingerprint density at radius 2 is 2.03 bits per heavy atom. The summed E-state index contributed by atoms with van der Waals surface area (Å²) in [7, 11) is 2.00. The Labute approximate surface area is 178 Å². The van der Waals surface area contributed by atoms with Crippen molar-refractivity contribution in [1.82, 2.24) is 4.57 Å². The van der Waals surface area contributed by atoms with E-state index in [1.807, 2.05) is 67.2 Å². The first-order chi connectivity index (χ1) is 13.7. The van der Waals surface area contributed by atoms with E-state index in [0.29, 0.717) is 13.2 Å². The third kappa shape index (κ3) is 6.34. The van der Waals surface area contributed by atoms with Crippen LogP contribution in [0.5, 0.6) is 0 Å². The van der Waals surface area contributed by atoms with Crippen LogP contribution in [0.25, 0.3) is 0 Å². The van der Waals surface area contributed by atoms with Crippen LogP contribution in [0.4, 0.5) is 0 Å². The minimum Gasteiger partial charge on any atom is -1.00 e. The molecular weight excluding hydrogens is 390 g/mol. The molecule has 2 heterocycles. The largest absolute Gasteiger partial charge is 1.00 e. The lowest BCUT2D eigenvalue weighted by molar-refractivity contribution is -0.908. The number of carbonyl (C=O) groups is 1. The number of ether oxygens (including phenoxy) is 1. The molecule has 1 aromatic heterocycles. The van der Waals surface area contributed by atoms with E-state index < -0.39 is 0 Å². The number of hydrogen-bond acceptors (Lipinski definition) is 4. The molecule has 1 saturated heterocycles. The molecule has 2 atom stereocenters. The highest BCUT2D eigenvalue weighted by Crippen LogP contribution is 2.12. The number of piperidine rings is 1. The van der Waals surface area contributed by atoms with Crippen molar-refractivity contribution in [2.45, 2.75) is 19.8 Å². The third-order valence-electron chi connectivity index (χ3n) is 5.17. The molecule has 6 nitrogen and oxygen atoms in total. The van der Waals surface area contributed by atoms with Crippen molar-refractivity contribution in [3.8, 4) is 0 Å². The van der Waals surface area contributed by atoms with Gasteiger partial charge in [-0.1, -0.05) is 35.5 Å². The highest BCUT2D eigenvalue weighted by atomic mass is 35.5. The van der Waals surface area contributed by atoms with E-state index in [1.165, 1.54) is 4.90 Å². The van der Waals surface area contributed by atoms with Gasteiger partial charge < -0.3 is 31.4 Å². The Hall–Kier alpha value is -2.31. The average Bonchev–Trinajstić information content (AvgIpc) is 3.15. The van der Waals surface area contributed by atoms with Crippen LogP contribution in [-0.2, 0) is 21.4 Å². The van der Waals surface area contributed by atoms with Crippen LogP contribution in [0.2, 0.25) is 0 Å². The highest BCUT2D eigenvalue weighted by molar-refractivity contribution is 6.11. The molecule has 0 amide bonds. The van der Waals surface area contributed by atoms with Gasteiger partial charge in [-0.05, 0) is 31.9 Å². The molecule has 0 spiro atoms. The fourth-order valence-electron chi connectivity index (χ4n) is 3.69. The molecule has 1 aliphatic rings. The summed E-state index contributed by atoms with van der Waals surface area (Å²) >= 11 is 0. The second-order valence-electron chi connectivity index (χ2n) is 7.19. The van der Waals surface area contributed by atoms with Gasteiger partial charge in [0.25, 0.3) is 0 Å². The summed E-state index contributed by atoms with van der Waals surface area (Å²) in [4.78, 5) is 19.1. The maximum absolute atomic E-state index is 12.0. The smallest absolute Gasteiger partial charge is 0.314 e. The van der Waals surface area contributed by atoms with Crippen LogP contribution >= 0.6 is 0 Å². The minimum atomic E-state index is -0.0614. The predicted molar refractivity (Wildman–Crippen MR) is 108 cm³/mol. The normalized spacial score (nSPS) is 19.3. The number of aryl methyl sites for hydroxylation is 1. The van der Waals surface area contributed by atoms with E-state index in [2.05, 4.69) is 5.16 Å². The van der Waals surface area contributed by atoms with E-state index in [9.17, 15) is 4.79 Å². The number of nitrogens with one attached hydrogen (secondary N) is 1. The Kier molecular flexibility index (Phi) is 9.22. The zero-order valence-electron chi connectivity index (χ0n) is 17.1. The Morgan fingerprint density at radius 1 is 1.24 bits per heavy atom. The quantitative estimate of drug-likeness (QED) is 0.249. The van der Waals surface area contributed by atoms with E-state index in [0.717, 1.165) is 49.4 Å². The lowest BCUT2D eigenvalue weighted by Gasteiger charge is -2.28. The maximum Gasteiger partial charge on any atom is 0.314 e. The number of benzene rings is 1. The van der Waals surface area contributed by atoms with Crippen LogP contribution in [-0.4, -0.2) is 49.1 Å². The zero-order valence-corrected chi connectivity index (χ0v) is 17.9. The third-order valence-corrected chi connectivity index (χ3v) is 5.17. The van der Waals surface area contributed by atoms with Crippen molar-refractivity contribution < 1.29 is 31.7 Å². The van der Waals surface area contributed by atoms with Crippen LogP contribution in [0.1, 0.15) is 31.0 Å². The molecule has 0 aliphatic carbocycles. The van der Waals surface area contributed by atoms with E-state index in [-0.39, 0.29) is 24.3 Å². The van der Waals surface area contributed by atoms with Crippen LogP contribution in [0.15, 0.2) is 53.8 Å². The number of hydrogen-bond donors (Lipinski definition) is 1. The number of aromatic nitrogens is 1. The van der Waals surface area contributed by atoms with Gasteiger partial charge in [0.05, 0.1) is 25.4 Å². The first kappa shape index (κ1) is 23.0. The number of quaternary nitrogens is 1. The fourth-order valence-corrected chi connectivity index (χ4v) is 3.69. The van der Waals surface area contributed by atoms with Crippen LogP contribution in [0.3, 0.4) is 0 Å². The summed E-state index contributed by atoms with van der Waals surface area (Å²) < 4.78 is 7.22. The molecule has 1 N–H and O–H groups in total. The average molecular weight is 420 g/mol. The Bertz CT molecular complexity index is 792. The molecule has 29 heavy (non-hydrogen) atoms. The number of esters is 1. The minimum absolute atomic E-state index is 0. The number of oxime groups is 1. The maximum atomic E-state index is 12.0. The van der Waals surface area contributed by atoms with Gasteiger partial charge >= 0.3 is 5.97 Å². The first-order valence-corrected chi connectivity index (χ1v) is 10.1. The molecular formula is C22H30ClN3O3. The summed E-state index contributed by atoms with van der Waals surface area (Å²) in [6, 6.07) is 14.1. The molecule has 2 aromatic rings. The molecule has 1 aromatic carbocycles. The van der Waals surface area contributed by atoms with E-state index in [4.69, 9.17) is 9.57 Å². The topological polar surface area (TPSA) is 57.3 Å². The number of nitrogens with zero attached hydrogens (tertiary/aromatic N) is 2. The van der Waals surface area contributed by atoms with Crippen LogP contribution in [0, 0.1) is 5.92 Å². The lowest BCUT2D eigenvalue weighted by Crippen LogP contribution is -3.14. The summed E-state index contributed by atoms with van der Waals surface area (Å²) in [5.41, 5.74) is 2.86. The molecule has 1 fully saturated rings. The molecule has 1 aliphatic heterocycles. The summed E-state index contributed by atoms with van der Waals surface area (Å²) in [5, 5.41) is 4.46. The van der Waals surface area contributed by atoms with Crippen molar-refractivity contribution in [3.63, 3.8) is 0 Å². The monoisotopic (exact) mass is 419 g/mol. The van der Waals surface area contributed by atoms with Crippen molar-refractivity contribution >= 4 is 11.7 Å². The van der Waals surface area contributed by atoms with Crippen LogP contribution < -0.4 is 17.3 Å². The standard InChI is InChI=1S/C22H29N3O3.ClH/c1-3-27-22(26)19-11-7-14-25(17-19)15-16-28-23-21(18-9-5-4-6-10-18)20-12-8-13-24(20)2;/h4-6,8-10,12-13,19H,3,7,11,14-17H2,1-2H3;1H/b23-21-;/t19-;/m1./s1. The molecule has 0 bridgehead atoms. The van der Waals surface area contributed by atoms with Crippen molar-refractivity contribution in [1.29, 1.82) is 0 Å². The molecule has 7 heteroatoms. The number of likely N-dealkylation sites (tertiary alicyclic amines) is 1. The van der Waals surface area contributed by atoms with Crippen molar-refractivity contribution in [2.75, 3.05) is 32.8 Å². The van der Waals surface area contributed by atoms with Crippen molar-refractivity contribution in [3.05, 3.63) is 59.9 Å². The molecule has 158 valence electrons. The van der Waals surface area contributed by atoms with Gasteiger partial charge in [0, 0.05) is 18.8 Å². The van der Waals surface area contributed by atoms with Gasteiger partial charge in [-0.3, -0.25) is 4.79 Å². The first-order valence-electron chi connectivity index (χ1n) is 10.1.